The molecule has 0 fully saturated rings. The summed E-state index contributed by atoms with van der Waals surface area (Å²) in [6, 6.07) is 0. The molecule has 0 aromatic carbocycles. The van der Waals surface area contributed by atoms with Crippen molar-refractivity contribution in [3.05, 3.63) is 25.8 Å². The number of hydrogen-bond acceptors (Lipinski definition) is 5. The molecule has 0 radical (unpaired) electrons. The van der Waals surface area contributed by atoms with Crippen molar-refractivity contribution in [2.75, 3.05) is 6.61 Å². The molecule has 0 aliphatic carbocycles. The third kappa shape index (κ3) is 3.71. The summed E-state index contributed by atoms with van der Waals surface area (Å²) in [7, 11) is 0. The van der Waals surface area contributed by atoms with Gasteiger partial charge in [-0.1, -0.05) is 22.9 Å². The monoisotopic (exact) mass is 290 g/mol. The lowest BCUT2D eigenvalue weighted by molar-refractivity contribution is -0.143. The SMILES string of the molecule is CCOC(=O)Cn1c(Cl)c(/C=C/C(N)=O)sc1=O. The zero-order valence-electron chi connectivity index (χ0n) is 9.51. The van der Waals surface area contributed by atoms with E-state index >= 15 is 0 Å². The first kappa shape index (κ1) is 14.5. The summed E-state index contributed by atoms with van der Waals surface area (Å²) in [5, 5.41) is 0.0792. The first-order valence-corrected chi connectivity index (χ1v) is 6.17. The molecule has 0 aliphatic rings. The van der Waals surface area contributed by atoms with Gasteiger partial charge in [0.1, 0.15) is 11.7 Å². The first-order valence-electron chi connectivity index (χ1n) is 4.98. The van der Waals surface area contributed by atoms with Crippen LogP contribution in [0.15, 0.2) is 10.9 Å². The van der Waals surface area contributed by atoms with Crippen LogP contribution in [0.25, 0.3) is 6.08 Å². The molecule has 0 saturated carbocycles. The first-order chi connectivity index (χ1) is 8.45. The standard InChI is InChI=1S/C10H11ClN2O4S/c1-2-17-8(15)5-13-9(11)6(18-10(13)16)3-4-7(12)14/h3-4H,2,5H2,1H3,(H2,12,14)/b4-3+. The number of primary amides is 1. The highest BCUT2D eigenvalue weighted by atomic mass is 35.5. The van der Waals surface area contributed by atoms with E-state index in [2.05, 4.69) is 0 Å². The van der Waals surface area contributed by atoms with Crippen molar-refractivity contribution >= 4 is 40.9 Å². The smallest absolute Gasteiger partial charge is 0.326 e. The maximum absolute atomic E-state index is 11.6. The number of hydrogen-bond donors (Lipinski definition) is 1. The lowest BCUT2D eigenvalue weighted by atomic mass is 10.4. The van der Waals surface area contributed by atoms with Gasteiger partial charge >= 0.3 is 10.8 Å². The van der Waals surface area contributed by atoms with Gasteiger partial charge in [0.2, 0.25) is 5.91 Å². The van der Waals surface area contributed by atoms with Gasteiger partial charge in [-0.15, -0.1) is 0 Å². The minimum atomic E-state index is -0.649. The van der Waals surface area contributed by atoms with Gasteiger partial charge in [-0.05, 0) is 13.0 Å². The molecule has 1 aromatic rings. The number of halogens is 1. The summed E-state index contributed by atoms with van der Waals surface area (Å²) in [6.07, 6.45) is 2.42. The van der Waals surface area contributed by atoms with Crippen molar-refractivity contribution in [2.24, 2.45) is 5.73 Å². The predicted octanol–water partition coefficient (Wildman–Crippen LogP) is 0.625. The van der Waals surface area contributed by atoms with E-state index in [-0.39, 0.29) is 18.3 Å². The molecule has 1 heterocycles. The fraction of sp³-hybridized carbons (Fsp3) is 0.300. The highest BCUT2D eigenvalue weighted by Crippen LogP contribution is 2.20. The molecule has 0 aliphatic heterocycles. The van der Waals surface area contributed by atoms with E-state index in [1.54, 1.807) is 6.92 Å². The summed E-state index contributed by atoms with van der Waals surface area (Å²) in [6.45, 7) is 1.63. The number of esters is 1. The maximum atomic E-state index is 11.6. The molecule has 18 heavy (non-hydrogen) atoms. The minimum Gasteiger partial charge on any atom is -0.465 e. The van der Waals surface area contributed by atoms with E-state index in [1.807, 2.05) is 0 Å². The van der Waals surface area contributed by atoms with Gasteiger partial charge < -0.3 is 10.5 Å². The number of amides is 1. The van der Waals surface area contributed by atoms with Crippen LogP contribution < -0.4 is 10.6 Å². The quantitative estimate of drug-likeness (QED) is 0.636. The van der Waals surface area contributed by atoms with Gasteiger partial charge in [0.05, 0.1) is 11.5 Å². The molecule has 1 rings (SSSR count). The van der Waals surface area contributed by atoms with Crippen LogP contribution in [0.3, 0.4) is 0 Å². The zero-order chi connectivity index (χ0) is 13.7. The van der Waals surface area contributed by atoms with Crippen molar-refractivity contribution in [1.29, 1.82) is 0 Å². The van der Waals surface area contributed by atoms with E-state index < -0.39 is 16.7 Å². The second kappa shape index (κ2) is 6.36. The number of aromatic nitrogens is 1. The number of ether oxygens (including phenoxy) is 1. The molecule has 8 heteroatoms. The fourth-order valence-electron chi connectivity index (χ4n) is 1.13. The second-order valence-electron chi connectivity index (χ2n) is 3.15. The summed E-state index contributed by atoms with van der Waals surface area (Å²) < 4.78 is 5.79. The Bertz CT molecular complexity index is 547. The van der Waals surface area contributed by atoms with Gasteiger partial charge in [0, 0.05) is 6.08 Å². The van der Waals surface area contributed by atoms with Gasteiger partial charge in [-0.25, -0.2) is 0 Å². The number of nitrogens with two attached hydrogens (primary N) is 1. The van der Waals surface area contributed by atoms with Crippen LogP contribution in [0.5, 0.6) is 0 Å². The third-order valence-electron chi connectivity index (χ3n) is 1.85. The molecule has 0 spiro atoms. The lowest BCUT2D eigenvalue weighted by Gasteiger charge is -2.02. The van der Waals surface area contributed by atoms with E-state index in [0.29, 0.717) is 4.88 Å². The molecular weight excluding hydrogens is 280 g/mol. The van der Waals surface area contributed by atoms with Crippen LogP contribution in [0.4, 0.5) is 0 Å². The van der Waals surface area contributed by atoms with Crippen molar-refractivity contribution in [3.63, 3.8) is 0 Å². The van der Waals surface area contributed by atoms with Crippen LogP contribution in [0, 0.1) is 0 Å². The van der Waals surface area contributed by atoms with E-state index in [0.717, 1.165) is 22.0 Å². The van der Waals surface area contributed by atoms with Crippen molar-refractivity contribution in [3.8, 4) is 0 Å². The number of rotatable bonds is 5. The third-order valence-corrected chi connectivity index (χ3v) is 3.31. The topological polar surface area (TPSA) is 91.4 Å². The Morgan fingerprint density at radius 1 is 1.56 bits per heavy atom. The predicted molar refractivity (Wildman–Crippen MR) is 68.5 cm³/mol. The summed E-state index contributed by atoms with van der Waals surface area (Å²) in [5.74, 6) is -1.20. The summed E-state index contributed by atoms with van der Waals surface area (Å²) in [5.41, 5.74) is 4.93. The highest BCUT2D eigenvalue weighted by Gasteiger charge is 2.14. The molecule has 0 atom stereocenters. The molecule has 1 aromatic heterocycles. The number of nitrogens with zero attached hydrogens (tertiary/aromatic N) is 1. The summed E-state index contributed by atoms with van der Waals surface area (Å²) >= 11 is 6.74. The van der Waals surface area contributed by atoms with Crippen LogP contribution in [-0.2, 0) is 20.9 Å². The van der Waals surface area contributed by atoms with Crippen LogP contribution >= 0.6 is 22.9 Å². The molecule has 0 bridgehead atoms. The Kier molecular flexibility index (Phi) is 5.11. The number of thiazole rings is 1. The average Bonchev–Trinajstić information content (AvgIpc) is 2.54. The second-order valence-corrected chi connectivity index (χ2v) is 4.50. The molecular formula is C10H11ClN2O4S. The number of carbonyl (C=O) groups excluding carboxylic acids is 2. The minimum absolute atomic E-state index is 0.0792. The molecule has 6 nitrogen and oxygen atoms in total. The van der Waals surface area contributed by atoms with E-state index in [9.17, 15) is 14.4 Å². The molecule has 2 N–H and O–H groups in total. The van der Waals surface area contributed by atoms with Crippen LogP contribution in [0.1, 0.15) is 11.8 Å². The Morgan fingerprint density at radius 2 is 2.22 bits per heavy atom. The Labute approximate surface area is 112 Å². The van der Waals surface area contributed by atoms with E-state index in [4.69, 9.17) is 22.1 Å². The average molecular weight is 291 g/mol. The van der Waals surface area contributed by atoms with E-state index in [1.165, 1.54) is 6.08 Å². The zero-order valence-corrected chi connectivity index (χ0v) is 11.1. The normalized spacial score (nSPS) is 10.8. The van der Waals surface area contributed by atoms with Gasteiger partial charge in [0.15, 0.2) is 0 Å². The maximum Gasteiger partial charge on any atom is 0.326 e. The molecule has 0 unspecified atom stereocenters. The Morgan fingerprint density at radius 3 is 2.78 bits per heavy atom. The van der Waals surface area contributed by atoms with Gasteiger partial charge in [-0.3, -0.25) is 19.0 Å². The van der Waals surface area contributed by atoms with Gasteiger partial charge in [0.25, 0.3) is 0 Å². The highest BCUT2D eigenvalue weighted by molar-refractivity contribution is 7.10. The van der Waals surface area contributed by atoms with Crippen LogP contribution in [-0.4, -0.2) is 23.1 Å². The summed E-state index contributed by atoms with van der Waals surface area (Å²) in [4.78, 5) is 33.4. The number of carbonyl (C=O) groups is 2. The fourth-order valence-corrected chi connectivity index (χ4v) is 2.28. The van der Waals surface area contributed by atoms with Crippen molar-refractivity contribution in [1.82, 2.24) is 4.57 Å². The van der Waals surface area contributed by atoms with Crippen molar-refractivity contribution in [2.45, 2.75) is 13.5 Å². The Balaban J connectivity index is 2.98. The molecule has 0 saturated heterocycles. The van der Waals surface area contributed by atoms with Crippen LogP contribution in [0.2, 0.25) is 5.15 Å². The van der Waals surface area contributed by atoms with Crippen molar-refractivity contribution < 1.29 is 14.3 Å². The largest absolute Gasteiger partial charge is 0.465 e. The van der Waals surface area contributed by atoms with Gasteiger partial charge in [-0.2, -0.15) is 0 Å². The Hall–Kier alpha value is -1.60. The lowest BCUT2D eigenvalue weighted by Crippen LogP contribution is -2.21. The molecule has 98 valence electrons. The molecule has 1 amide bonds.